The minimum atomic E-state index is -0.0573. The molecule has 4 nitrogen and oxygen atoms in total. The summed E-state index contributed by atoms with van der Waals surface area (Å²) in [5, 5.41) is 14.7. The van der Waals surface area contributed by atoms with E-state index in [4.69, 9.17) is 5.26 Å². The summed E-state index contributed by atoms with van der Waals surface area (Å²) in [7, 11) is 0. The third kappa shape index (κ3) is 4.14. The highest BCUT2D eigenvalue weighted by Crippen LogP contribution is 2.09. The Bertz CT molecular complexity index is 600. The maximum atomic E-state index is 11.7. The molecule has 0 heterocycles. The van der Waals surface area contributed by atoms with Gasteiger partial charge in [0, 0.05) is 24.3 Å². The second-order valence-corrected chi connectivity index (χ2v) is 4.28. The summed E-state index contributed by atoms with van der Waals surface area (Å²) in [5.74, 6) is -0.0573. The molecule has 100 valence electrons. The Kier molecular flexibility index (Phi) is 4.74. The van der Waals surface area contributed by atoms with Crippen LogP contribution in [0, 0.1) is 11.3 Å². The van der Waals surface area contributed by atoms with Crippen LogP contribution in [0.5, 0.6) is 0 Å². The molecule has 0 fully saturated rings. The normalized spacial score (nSPS) is 9.55. The van der Waals surface area contributed by atoms with E-state index in [0.717, 1.165) is 5.69 Å². The van der Waals surface area contributed by atoms with Crippen LogP contribution in [0.15, 0.2) is 54.6 Å². The predicted octanol–water partition coefficient (Wildman–Crippen LogP) is 3.00. The summed E-state index contributed by atoms with van der Waals surface area (Å²) >= 11 is 0. The number of nitriles is 1. The topological polar surface area (TPSA) is 64.9 Å². The Morgan fingerprint density at radius 3 is 2.35 bits per heavy atom. The molecule has 2 N–H and O–H groups in total. The van der Waals surface area contributed by atoms with Crippen molar-refractivity contribution in [1.29, 1.82) is 5.26 Å². The van der Waals surface area contributed by atoms with E-state index >= 15 is 0 Å². The van der Waals surface area contributed by atoms with Gasteiger partial charge in [0.15, 0.2) is 0 Å². The third-order valence-electron chi connectivity index (χ3n) is 2.75. The van der Waals surface area contributed by atoms with E-state index < -0.39 is 0 Å². The van der Waals surface area contributed by atoms with Gasteiger partial charge in [-0.05, 0) is 36.4 Å². The Morgan fingerprint density at radius 2 is 1.70 bits per heavy atom. The highest BCUT2D eigenvalue weighted by atomic mass is 16.1. The van der Waals surface area contributed by atoms with Crippen LogP contribution in [-0.2, 0) is 4.79 Å². The monoisotopic (exact) mass is 265 g/mol. The van der Waals surface area contributed by atoms with Gasteiger partial charge in [0.2, 0.25) is 5.91 Å². The first kappa shape index (κ1) is 13.6. The molecule has 20 heavy (non-hydrogen) atoms. The highest BCUT2D eigenvalue weighted by molar-refractivity contribution is 5.91. The van der Waals surface area contributed by atoms with Crippen molar-refractivity contribution in [2.45, 2.75) is 6.42 Å². The molecule has 0 aliphatic rings. The Morgan fingerprint density at radius 1 is 1.00 bits per heavy atom. The number of benzene rings is 2. The minimum absolute atomic E-state index is 0.0573. The average Bonchev–Trinajstić information content (AvgIpc) is 2.49. The van der Waals surface area contributed by atoms with E-state index in [0.29, 0.717) is 24.2 Å². The molecule has 0 radical (unpaired) electrons. The van der Waals surface area contributed by atoms with Crippen LogP contribution >= 0.6 is 0 Å². The van der Waals surface area contributed by atoms with Crippen molar-refractivity contribution in [3.8, 4) is 6.07 Å². The van der Waals surface area contributed by atoms with Gasteiger partial charge in [0.25, 0.3) is 0 Å². The van der Waals surface area contributed by atoms with Gasteiger partial charge >= 0.3 is 0 Å². The van der Waals surface area contributed by atoms with Gasteiger partial charge in [0.05, 0.1) is 11.6 Å². The summed E-state index contributed by atoms with van der Waals surface area (Å²) in [6.07, 6.45) is 0.384. The van der Waals surface area contributed by atoms with Crippen molar-refractivity contribution < 1.29 is 4.79 Å². The molecule has 2 rings (SSSR count). The molecule has 4 heteroatoms. The Hall–Kier alpha value is -2.80. The van der Waals surface area contributed by atoms with Crippen LogP contribution in [0.1, 0.15) is 12.0 Å². The SMILES string of the molecule is N#Cc1ccc(NC(=O)CCNc2ccccc2)cc1. The summed E-state index contributed by atoms with van der Waals surface area (Å²) in [4.78, 5) is 11.7. The zero-order valence-electron chi connectivity index (χ0n) is 11.0. The summed E-state index contributed by atoms with van der Waals surface area (Å²) in [5.41, 5.74) is 2.28. The van der Waals surface area contributed by atoms with E-state index in [1.54, 1.807) is 24.3 Å². The van der Waals surface area contributed by atoms with Crippen molar-refractivity contribution >= 4 is 17.3 Å². The lowest BCUT2D eigenvalue weighted by atomic mass is 10.2. The highest BCUT2D eigenvalue weighted by Gasteiger charge is 2.02. The maximum absolute atomic E-state index is 11.7. The second kappa shape index (κ2) is 6.95. The number of carbonyl (C=O) groups is 1. The van der Waals surface area contributed by atoms with Crippen LogP contribution < -0.4 is 10.6 Å². The minimum Gasteiger partial charge on any atom is -0.385 e. The first-order valence-corrected chi connectivity index (χ1v) is 6.37. The third-order valence-corrected chi connectivity index (χ3v) is 2.75. The molecule has 2 aromatic rings. The van der Waals surface area contributed by atoms with Crippen LogP contribution in [-0.4, -0.2) is 12.5 Å². The molecule has 0 saturated heterocycles. The predicted molar refractivity (Wildman–Crippen MR) is 79.3 cm³/mol. The number of rotatable bonds is 5. The quantitative estimate of drug-likeness (QED) is 0.873. The molecule has 2 aromatic carbocycles. The molecular formula is C16H15N3O. The zero-order valence-corrected chi connectivity index (χ0v) is 11.0. The average molecular weight is 265 g/mol. The molecule has 0 unspecified atom stereocenters. The Labute approximate surface area is 118 Å². The smallest absolute Gasteiger partial charge is 0.226 e. The number of para-hydroxylation sites is 1. The number of amides is 1. The van der Waals surface area contributed by atoms with Gasteiger partial charge in [-0.1, -0.05) is 18.2 Å². The van der Waals surface area contributed by atoms with E-state index in [1.165, 1.54) is 0 Å². The van der Waals surface area contributed by atoms with Crippen LogP contribution in [0.4, 0.5) is 11.4 Å². The van der Waals surface area contributed by atoms with Gasteiger partial charge in [-0.15, -0.1) is 0 Å². The summed E-state index contributed by atoms with van der Waals surface area (Å²) in [6, 6.07) is 18.6. The molecule has 1 amide bonds. The van der Waals surface area contributed by atoms with E-state index in [9.17, 15) is 4.79 Å². The van der Waals surface area contributed by atoms with Crippen molar-refractivity contribution in [2.75, 3.05) is 17.2 Å². The summed E-state index contributed by atoms with van der Waals surface area (Å²) in [6.45, 7) is 0.576. The van der Waals surface area contributed by atoms with E-state index in [2.05, 4.69) is 10.6 Å². The number of carbonyl (C=O) groups excluding carboxylic acids is 1. The Balaban J connectivity index is 1.76. The zero-order chi connectivity index (χ0) is 14.2. The largest absolute Gasteiger partial charge is 0.385 e. The van der Waals surface area contributed by atoms with E-state index in [1.807, 2.05) is 36.4 Å². The van der Waals surface area contributed by atoms with Crippen LogP contribution in [0.3, 0.4) is 0 Å². The molecule has 0 spiro atoms. The fourth-order valence-electron chi connectivity index (χ4n) is 1.73. The van der Waals surface area contributed by atoms with Crippen LogP contribution in [0.2, 0.25) is 0 Å². The first-order chi connectivity index (χ1) is 9.78. The van der Waals surface area contributed by atoms with Gasteiger partial charge in [-0.2, -0.15) is 5.26 Å². The first-order valence-electron chi connectivity index (χ1n) is 6.37. The van der Waals surface area contributed by atoms with Crippen molar-refractivity contribution in [3.63, 3.8) is 0 Å². The number of hydrogen-bond acceptors (Lipinski definition) is 3. The van der Waals surface area contributed by atoms with Gasteiger partial charge in [-0.3, -0.25) is 4.79 Å². The molecule has 0 aromatic heterocycles. The molecular weight excluding hydrogens is 250 g/mol. The van der Waals surface area contributed by atoms with Crippen LogP contribution in [0.25, 0.3) is 0 Å². The van der Waals surface area contributed by atoms with Gasteiger partial charge in [0.1, 0.15) is 0 Å². The van der Waals surface area contributed by atoms with Gasteiger partial charge < -0.3 is 10.6 Å². The van der Waals surface area contributed by atoms with E-state index in [-0.39, 0.29) is 5.91 Å². The molecule has 0 aliphatic carbocycles. The lowest BCUT2D eigenvalue weighted by Crippen LogP contribution is -2.16. The molecule has 0 aliphatic heterocycles. The lowest BCUT2D eigenvalue weighted by molar-refractivity contribution is -0.115. The number of nitrogens with one attached hydrogen (secondary N) is 2. The fourth-order valence-corrected chi connectivity index (χ4v) is 1.73. The summed E-state index contributed by atoms with van der Waals surface area (Å²) < 4.78 is 0. The standard InChI is InChI=1S/C16H15N3O/c17-12-13-6-8-15(9-7-13)19-16(20)10-11-18-14-4-2-1-3-5-14/h1-9,18H,10-11H2,(H,19,20). The second-order valence-electron chi connectivity index (χ2n) is 4.28. The number of nitrogens with zero attached hydrogens (tertiary/aromatic N) is 1. The maximum Gasteiger partial charge on any atom is 0.226 e. The van der Waals surface area contributed by atoms with Gasteiger partial charge in [-0.25, -0.2) is 0 Å². The number of hydrogen-bond donors (Lipinski definition) is 2. The van der Waals surface area contributed by atoms with Crippen molar-refractivity contribution in [3.05, 3.63) is 60.2 Å². The fraction of sp³-hybridized carbons (Fsp3) is 0.125. The molecule has 0 saturated carbocycles. The molecule has 0 bridgehead atoms. The molecule has 0 atom stereocenters. The van der Waals surface area contributed by atoms with Crippen molar-refractivity contribution in [1.82, 2.24) is 0 Å². The van der Waals surface area contributed by atoms with Crippen molar-refractivity contribution in [2.24, 2.45) is 0 Å². The number of anilines is 2. The lowest BCUT2D eigenvalue weighted by Gasteiger charge is -2.07.